The zero-order valence-corrected chi connectivity index (χ0v) is 10.3. The first-order chi connectivity index (χ1) is 7.33. The minimum atomic E-state index is 0.706. The maximum absolute atomic E-state index is 5.73. The van der Waals surface area contributed by atoms with Crippen molar-refractivity contribution in [3.05, 3.63) is 15.6 Å². The van der Waals surface area contributed by atoms with Gasteiger partial charge < -0.3 is 5.73 Å². The Balaban J connectivity index is 2.04. The zero-order chi connectivity index (χ0) is 10.7. The maximum Gasteiger partial charge on any atom is 0.0931 e. The molecule has 0 spiro atoms. The van der Waals surface area contributed by atoms with E-state index in [9.17, 15) is 0 Å². The predicted octanol–water partition coefficient (Wildman–Crippen LogP) is 2.55. The van der Waals surface area contributed by atoms with Gasteiger partial charge in [0.1, 0.15) is 0 Å². The second-order valence-electron chi connectivity index (χ2n) is 4.43. The van der Waals surface area contributed by atoms with E-state index in [0.717, 1.165) is 13.0 Å². The summed E-state index contributed by atoms with van der Waals surface area (Å²) in [5, 5.41) is 1.35. The molecule has 1 heterocycles. The molecule has 1 aliphatic carbocycles. The van der Waals surface area contributed by atoms with Gasteiger partial charge in [-0.05, 0) is 44.6 Å². The Kier molecular flexibility index (Phi) is 3.76. The molecular weight excluding hydrogens is 204 g/mol. The van der Waals surface area contributed by atoms with E-state index in [2.05, 4.69) is 6.92 Å². The molecule has 3 heteroatoms. The van der Waals surface area contributed by atoms with Crippen molar-refractivity contribution in [1.82, 2.24) is 4.98 Å². The molecule has 0 saturated heterocycles. The van der Waals surface area contributed by atoms with Crippen LogP contribution < -0.4 is 5.73 Å². The second kappa shape index (κ2) is 5.08. The fraction of sp³-hybridized carbons (Fsp3) is 0.750. The first-order valence-corrected chi connectivity index (χ1v) is 6.82. The normalized spacial score (nSPS) is 20.3. The Hall–Kier alpha value is -0.410. The van der Waals surface area contributed by atoms with Gasteiger partial charge in [-0.3, -0.25) is 0 Å². The lowest BCUT2D eigenvalue weighted by atomic mass is 9.91. The van der Waals surface area contributed by atoms with Crippen LogP contribution in [0.4, 0.5) is 0 Å². The molecule has 2 nitrogen and oxygen atoms in total. The molecule has 1 unspecified atom stereocenters. The summed E-state index contributed by atoms with van der Waals surface area (Å²) in [5.41, 5.74) is 7.10. The second-order valence-corrected chi connectivity index (χ2v) is 5.59. The number of aromatic nitrogens is 1. The number of aryl methyl sites for hydroxylation is 2. The first kappa shape index (κ1) is 11.1. The van der Waals surface area contributed by atoms with Crippen molar-refractivity contribution < 1.29 is 0 Å². The summed E-state index contributed by atoms with van der Waals surface area (Å²) in [4.78, 5) is 6.25. The molecule has 2 rings (SSSR count). The monoisotopic (exact) mass is 224 g/mol. The Bertz CT molecular complexity index is 319. The SMILES string of the molecule is CCCCc1nc2c(s1)CC(CN)CC2. The minimum absolute atomic E-state index is 0.706. The smallest absolute Gasteiger partial charge is 0.0931 e. The number of unbranched alkanes of at least 4 members (excludes halogenated alkanes) is 1. The van der Waals surface area contributed by atoms with Gasteiger partial charge in [0.2, 0.25) is 0 Å². The van der Waals surface area contributed by atoms with E-state index >= 15 is 0 Å². The molecule has 2 N–H and O–H groups in total. The van der Waals surface area contributed by atoms with Crippen LogP contribution in [0.2, 0.25) is 0 Å². The van der Waals surface area contributed by atoms with Gasteiger partial charge in [-0.25, -0.2) is 4.98 Å². The molecular formula is C12H20N2S. The zero-order valence-electron chi connectivity index (χ0n) is 9.46. The standard InChI is InChI=1S/C12H20N2S/c1-2-3-4-12-14-10-6-5-9(8-13)7-11(10)15-12/h9H,2-8,13H2,1H3. The summed E-state index contributed by atoms with van der Waals surface area (Å²) in [6.07, 6.45) is 7.26. The number of nitrogens with two attached hydrogens (primary N) is 1. The van der Waals surface area contributed by atoms with E-state index in [1.807, 2.05) is 11.3 Å². The third-order valence-corrected chi connectivity index (χ3v) is 4.34. The average molecular weight is 224 g/mol. The lowest BCUT2D eigenvalue weighted by molar-refractivity contribution is 0.469. The van der Waals surface area contributed by atoms with Crippen molar-refractivity contribution in [1.29, 1.82) is 0 Å². The van der Waals surface area contributed by atoms with Crippen LogP contribution in [0.5, 0.6) is 0 Å². The highest BCUT2D eigenvalue weighted by atomic mass is 32.1. The van der Waals surface area contributed by atoms with Crippen LogP contribution in [0.1, 0.15) is 41.8 Å². The lowest BCUT2D eigenvalue weighted by Crippen LogP contribution is -2.21. The van der Waals surface area contributed by atoms with Gasteiger partial charge in [-0.1, -0.05) is 13.3 Å². The van der Waals surface area contributed by atoms with Crippen LogP contribution in [-0.4, -0.2) is 11.5 Å². The van der Waals surface area contributed by atoms with Gasteiger partial charge in [0.05, 0.1) is 10.7 Å². The van der Waals surface area contributed by atoms with Crippen molar-refractivity contribution in [2.75, 3.05) is 6.54 Å². The number of nitrogens with zero attached hydrogens (tertiary/aromatic N) is 1. The highest BCUT2D eigenvalue weighted by molar-refractivity contribution is 7.11. The van der Waals surface area contributed by atoms with Crippen LogP contribution in [0, 0.1) is 5.92 Å². The van der Waals surface area contributed by atoms with Crippen LogP contribution in [0.3, 0.4) is 0 Å². The third kappa shape index (κ3) is 2.58. The first-order valence-electron chi connectivity index (χ1n) is 6.01. The molecule has 0 amide bonds. The molecule has 0 aromatic carbocycles. The Morgan fingerprint density at radius 1 is 1.53 bits per heavy atom. The van der Waals surface area contributed by atoms with Crippen molar-refractivity contribution in [2.24, 2.45) is 11.7 Å². The van der Waals surface area contributed by atoms with Crippen molar-refractivity contribution in [3.63, 3.8) is 0 Å². The lowest BCUT2D eigenvalue weighted by Gasteiger charge is -2.18. The predicted molar refractivity (Wildman–Crippen MR) is 65.3 cm³/mol. The van der Waals surface area contributed by atoms with E-state index in [0.29, 0.717) is 5.92 Å². The molecule has 1 aliphatic rings. The number of fused-ring (bicyclic) bond motifs is 1. The summed E-state index contributed by atoms with van der Waals surface area (Å²) >= 11 is 1.93. The quantitative estimate of drug-likeness (QED) is 0.853. The number of thiazole rings is 1. The summed E-state index contributed by atoms with van der Waals surface area (Å²) < 4.78 is 0. The van der Waals surface area contributed by atoms with Gasteiger partial charge in [-0.2, -0.15) is 0 Å². The summed E-state index contributed by atoms with van der Waals surface area (Å²) in [6, 6.07) is 0. The van der Waals surface area contributed by atoms with Crippen molar-refractivity contribution in [2.45, 2.75) is 45.4 Å². The van der Waals surface area contributed by atoms with E-state index in [1.165, 1.54) is 47.7 Å². The third-order valence-electron chi connectivity index (χ3n) is 3.16. The molecule has 84 valence electrons. The molecule has 1 atom stereocenters. The van der Waals surface area contributed by atoms with Crippen LogP contribution in [0.15, 0.2) is 0 Å². The number of hydrogen-bond acceptors (Lipinski definition) is 3. The van der Waals surface area contributed by atoms with Crippen LogP contribution >= 0.6 is 11.3 Å². The van der Waals surface area contributed by atoms with Gasteiger partial charge >= 0.3 is 0 Å². The highest BCUT2D eigenvalue weighted by Crippen LogP contribution is 2.30. The van der Waals surface area contributed by atoms with Crippen molar-refractivity contribution in [3.8, 4) is 0 Å². The highest BCUT2D eigenvalue weighted by Gasteiger charge is 2.21. The number of rotatable bonds is 4. The van der Waals surface area contributed by atoms with E-state index < -0.39 is 0 Å². The molecule has 0 aliphatic heterocycles. The fourth-order valence-electron chi connectivity index (χ4n) is 2.13. The summed E-state index contributed by atoms with van der Waals surface area (Å²) in [6.45, 7) is 3.07. The number of hydrogen-bond donors (Lipinski definition) is 1. The van der Waals surface area contributed by atoms with Gasteiger partial charge in [-0.15, -0.1) is 11.3 Å². The largest absolute Gasteiger partial charge is 0.330 e. The van der Waals surface area contributed by atoms with Gasteiger partial charge in [0.25, 0.3) is 0 Å². The topological polar surface area (TPSA) is 38.9 Å². The summed E-state index contributed by atoms with van der Waals surface area (Å²) in [5.74, 6) is 0.706. The van der Waals surface area contributed by atoms with Crippen LogP contribution in [-0.2, 0) is 19.3 Å². The van der Waals surface area contributed by atoms with Gasteiger partial charge in [0, 0.05) is 4.88 Å². The fourth-order valence-corrected chi connectivity index (χ4v) is 3.40. The molecule has 0 saturated carbocycles. The maximum atomic E-state index is 5.73. The van der Waals surface area contributed by atoms with Gasteiger partial charge in [0.15, 0.2) is 0 Å². The molecule has 0 radical (unpaired) electrons. The average Bonchev–Trinajstić information content (AvgIpc) is 2.67. The molecule has 1 aromatic rings. The van der Waals surface area contributed by atoms with E-state index in [-0.39, 0.29) is 0 Å². The molecule has 0 bridgehead atoms. The van der Waals surface area contributed by atoms with Crippen molar-refractivity contribution >= 4 is 11.3 Å². The Morgan fingerprint density at radius 3 is 3.13 bits per heavy atom. The minimum Gasteiger partial charge on any atom is -0.330 e. The van der Waals surface area contributed by atoms with E-state index in [1.54, 1.807) is 0 Å². The molecule has 1 aromatic heterocycles. The van der Waals surface area contributed by atoms with Crippen LogP contribution in [0.25, 0.3) is 0 Å². The summed E-state index contributed by atoms with van der Waals surface area (Å²) in [7, 11) is 0. The van der Waals surface area contributed by atoms with E-state index in [4.69, 9.17) is 10.7 Å². The Labute approximate surface area is 95.9 Å². The Morgan fingerprint density at radius 2 is 2.40 bits per heavy atom. The molecule has 0 fully saturated rings. The molecule has 15 heavy (non-hydrogen) atoms.